The predicted octanol–water partition coefficient (Wildman–Crippen LogP) is 1.82. The summed E-state index contributed by atoms with van der Waals surface area (Å²) in [5.41, 5.74) is 6.49. The summed E-state index contributed by atoms with van der Waals surface area (Å²) in [7, 11) is 0. The molecule has 0 bridgehead atoms. The van der Waals surface area contributed by atoms with Crippen molar-refractivity contribution in [3.63, 3.8) is 0 Å². The van der Waals surface area contributed by atoms with Crippen LogP contribution in [-0.4, -0.2) is 9.97 Å². The molecule has 0 unspecified atom stereocenters. The lowest BCUT2D eigenvalue weighted by molar-refractivity contribution is 1.27. The highest BCUT2D eigenvalue weighted by molar-refractivity contribution is 14.1. The Balaban J connectivity index is 2.89. The van der Waals surface area contributed by atoms with Gasteiger partial charge in [0.2, 0.25) is 0 Å². The molecule has 2 rings (SSSR count). The molecule has 0 aliphatic carbocycles. The number of fused-ring (bicyclic) bond motifs is 1. The molecule has 4 heteroatoms. The van der Waals surface area contributed by atoms with Crippen molar-refractivity contribution in [1.82, 2.24) is 9.97 Å². The summed E-state index contributed by atoms with van der Waals surface area (Å²) in [6, 6.07) is 5.69. The lowest BCUT2D eigenvalue weighted by atomic mass is 10.2. The van der Waals surface area contributed by atoms with Gasteiger partial charge >= 0.3 is 0 Å². The first-order chi connectivity index (χ1) is 5.77. The number of anilines is 1. The maximum absolute atomic E-state index is 5.58. The average molecular weight is 271 g/mol. The van der Waals surface area contributed by atoms with Crippen LogP contribution in [0.15, 0.2) is 24.4 Å². The topological polar surface area (TPSA) is 51.8 Å². The van der Waals surface area contributed by atoms with E-state index in [1.165, 1.54) is 0 Å². The van der Waals surface area contributed by atoms with Crippen molar-refractivity contribution in [3.8, 4) is 0 Å². The molecule has 2 N–H and O–H groups in total. The van der Waals surface area contributed by atoms with Crippen molar-refractivity contribution in [1.29, 1.82) is 0 Å². The van der Waals surface area contributed by atoms with Crippen LogP contribution in [0.1, 0.15) is 0 Å². The van der Waals surface area contributed by atoms with Crippen molar-refractivity contribution in [2.45, 2.75) is 0 Å². The Morgan fingerprint density at radius 1 is 1.42 bits per heavy atom. The van der Waals surface area contributed by atoms with E-state index < -0.39 is 0 Å². The number of aromatic nitrogens is 2. The van der Waals surface area contributed by atoms with Gasteiger partial charge in [0, 0.05) is 11.6 Å². The van der Waals surface area contributed by atoms with E-state index >= 15 is 0 Å². The van der Waals surface area contributed by atoms with Crippen LogP contribution < -0.4 is 5.73 Å². The highest BCUT2D eigenvalue weighted by Crippen LogP contribution is 2.17. The van der Waals surface area contributed by atoms with E-state index in [2.05, 4.69) is 32.6 Å². The third-order valence-electron chi connectivity index (χ3n) is 1.56. The van der Waals surface area contributed by atoms with Crippen LogP contribution in [0.5, 0.6) is 0 Å². The molecule has 0 spiro atoms. The molecule has 0 radical (unpaired) electrons. The van der Waals surface area contributed by atoms with E-state index in [0.29, 0.717) is 5.82 Å². The van der Waals surface area contributed by atoms with Crippen LogP contribution in [-0.2, 0) is 0 Å². The molecule has 2 aromatic heterocycles. The Bertz CT molecular complexity index is 428. The van der Waals surface area contributed by atoms with Gasteiger partial charge in [0.1, 0.15) is 15.0 Å². The van der Waals surface area contributed by atoms with Crippen molar-refractivity contribution in [3.05, 3.63) is 28.1 Å². The van der Waals surface area contributed by atoms with Crippen molar-refractivity contribution in [2.24, 2.45) is 0 Å². The fraction of sp³-hybridized carbons (Fsp3) is 0. The molecule has 0 amide bonds. The molecule has 2 heterocycles. The van der Waals surface area contributed by atoms with Crippen LogP contribution in [0.25, 0.3) is 10.9 Å². The van der Waals surface area contributed by atoms with Crippen LogP contribution in [0.3, 0.4) is 0 Å². The molecule has 0 saturated heterocycles. The van der Waals surface area contributed by atoms with Crippen LogP contribution in [0.2, 0.25) is 0 Å². The summed E-state index contributed by atoms with van der Waals surface area (Å²) in [6.45, 7) is 0. The van der Waals surface area contributed by atoms with Gasteiger partial charge in [-0.05, 0) is 34.7 Å². The molecule has 0 saturated carbocycles. The van der Waals surface area contributed by atoms with Crippen LogP contribution >= 0.6 is 22.6 Å². The molecule has 3 nitrogen and oxygen atoms in total. The Hall–Kier alpha value is -0.910. The summed E-state index contributed by atoms with van der Waals surface area (Å²) in [6.07, 6.45) is 1.75. The lowest BCUT2D eigenvalue weighted by Gasteiger charge is -1.99. The Kier molecular flexibility index (Phi) is 1.84. The zero-order valence-corrected chi connectivity index (χ0v) is 8.32. The second kappa shape index (κ2) is 2.85. The quantitative estimate of drug-likeness (QED) is 0.587. The average Bonchev–Trinajstić information content (AvgIpc) is 2.04. The molecule has 2 aromatic rings. The maximum atomic E-state index is 5.58. The zero-order valence-electron chi connectivity index (χ0n) is 6.16. The predicted molar refractivity (Wildman–Crippen MR) is 56.7 cm³/mol. The third-order valence-corrected chi connectivity index (χ3v) is 2.32. The third kappa shape index (κ3) is 1.22. The van der Waals surface area contributed by atoms with E-state index in [4.69, 9.17) is 5.73 Å². The molecule has 0 aromatic carbocycles. The highest BCUT2D eigenvalue weighted by Gasteiger charge is 2.00. The highest BCUT2D eigenvalue weighted by atomic mass is 127. The van der Waals surface area contributed by atoms with E-state index in [9.17, 15) is 0 Å². The Morgan fingerprint density at radius 2 is 2.25 bits per heavy atom. The molecule has 60 valence electrons. The van der Waals surface area contributed by atoms with Gasteiger partial charge in [-0.1, -0.05) is 6.07 Å². The number of pyridine rings is 2. The van der Waals surface area contributed by atoms with Gasteiger partial charge in [0.05, 0.1) is 0 Å². The van der Waals surface area contributed by atoms with Gasteiger partial charge in [-0.25, -0.2) is 4.98 Å². The van der Waals surface area contributed by atoms with Crippen molar-refractivity contribution >= 4 is 39.3 Å². The second-order valence-electron chi connectivity index (χ2n) is 2.41. The number of halogens is 1. The monoisotopic (exact) mass is 271 g/mol. The lowest BCUT2D eigenvalue weighted by Crippen LogP contribution is -1.93. The molecule has 0 aliphatic heterocycles. The minimum Gasteiger partial charge on any atom is -0.384 e. The number of nitrogens with zero attached hydrogens (tertiary/aromatic N) is 2. The van der Waals surface area contributed by atoms with Crippen molar-refractivity contribution < 1.29 is 0 Å². The maximum Gasteiger partial charge on any atom is 0.129 e. The molecule has 12 heavy (non-hydrogen) atoms. The van der Waals surface area contributed by atoms with Gasteiger partial charge in [0.15, 0.2) is 0 Å². The van der Waals surface area contributed by atoms with Gasteiger partial charge < -0.3 is 5.73 Å². The second-order valence-corrected chi connectivity index (χ2v) is 3.43. The van der Waals surface area contributed by atoms with Gasteiger partial charge in [-0.3, -0.25) is 4.98 Å². The number of hydrogen-bond donors (Lipinski definition) is 1. The fourth-order valence-corrected chi connectivity index (χ4v) is 1.79. The van der Waals surface area contributed by atoms with Gasteiger partial charge in [0.25, 0.3) is 0 Å². The van der Waals surface area contributed by atoms with Gasteiger partial charge in [-0.2, -0.15) is 0 Å². The normalized spacial score (nSPS) is 10.4. The molecular weight excluding hydrogens is 265 g/mol. The van der Waals surface area contributed by atoms with Crippen molar-refractivity contribution in [2.75, 3.05) is 5.73 Å². The van der Waals surface area contributed by atoms with E-state index in [-0.39, 0.29) is 0 Å². The first-order valence-electron chi connectivity index (χ1n) is 3.44. The largest absolute Gasteiger partial charge is 0.384 e. The molecular formula is C8H6IN3. The summed E-state index contributed by atoms with van der Waals surface area (Å²) in [5, 5.41) is 1.04. The van der Waals surface area contributed by atoms with E-state index in [1.807, 2.05) is 18.2 Å². The summed E-state index contributed by atoms with van der Waals surface area (Å²) in [5.74, 6) is 0.542. The molecule has 0 atom stereocenters. The minimum atomic E-state index is 0.542. The van der Waals surface area contributed by atoms with E-state index in [0.717, 1.165) is 14.6 Å². The zero-order chi connectivity index (χ0) is 8.55. The van der Waals surface area contributed by atoms with E-state index in [1.54, 1.807) is 6.20 Å². The molecule has 0 aliphatic rings. The van der Waals surface area contributed by atoms with Gasteiger partial charge in [-0.15, -0.1) is 0 Å². The summed E-state index contributed by atoms with van der Waals surface area (Å²) in [4.78, 5) is 8.30. The first kappa shape index (κ1) is 7.72. The standard InChI is InChI=1S/C8H6IN3/c9-8-7-5(2-1-3-11-7)4-6(10)12-8/h1-4H,(H2,10,12). The smallest absolute Gasteiger partial charge is 0.129 e. The first-order valence-corrected chi connectivity index (χ1v) is 4.52. The summed E-state index contributed by atoms with van der Waals surface area (Å²) >= 11 is 2.13. The Labute approximate surface area is 83.2 Å². The Morgan fingerprint density at radius 3 is 3.08 bits per heavy atom. The van der Waals surface area contributed by atoms with Crippen LogP contribution in [0.4, 0.5) is 5.82 Å². The summed E-state index contributed by atoms with van der Waals surface area (Å²) < 4.78 is 0.850. The number of nitrogens with two attached hydrogens (primary N) is 1. The number of hydrogen-bond acceptors (Lipinski definition) is 3. The molecule has 0 fully saturated rings. The fourth-order valence-electron chi connectivity index (χ4n) is 1.06. The SMILES string of the molecule is Nc1cc2cccnc2c(I)n1. The minimum absolute atomic E-state index is 0.542. The number of nitrogen functional groups attached to an aromatic ring is 1. The van der Waals surface area contributed by atoms with Crippen LogP contribution in [0, 0.1) is 3.70 Å². The number of rotatable bonds is 0.